The van der Waals surface area contributed by atoms with Gasteiger partial charge in [-0.25, -0.2) is 4.79 Å². The van der Waals surface area contributed by atoms with Crippen LogP contribution in [0, 0.1) is 0 Å². The Morgan fingerprint density at radius 3 is 2.24 bits per heavy atom. The molecule has 0 aliphatic rings. The highest BCUT2D eigenvalue weighted by molar-refractivity contribution is 5.81. The zero-order valence-electron chi connectivity index (χ0n) is 12.2. The Bertz CT molecular complexity index is 353. The number of nitrogens with one attached hydrogen (secondary N) is 2. The van der Waals surface area contributed by atoms with Crippen LogP contribution in [0.25, 0.3) is 0 Å². The lowest BCUT2D eigenvalue weighted by atomic mass is 10.1. The van der Waals surface area contributed by atoms with Crippen LogP contribution in [0.3, 0.4) is 0 Å². The van der Waals surface area contributed by atoms with Crippen molar-refractivity contribution < 1.29 is 32.6 Å². The maximum absolute atomic E-state index is 11.9. The van der Waals surface area contributed by atoms with Gasteiger partial charge in [0.2, 0.25) is 0 Å². The third-order valence-electron chi connectivity index (χ3n) is 2.21. The first-order valence-corrected chi connectivity index (χ1v) is 6.41. The molecule has 0 fully saturated rings. The number of halogens is 3. The summed E-state index contributed by atoms with van der Waals surface area (Å²) < 4.78 is 40.7. The number of amides is 2. The van der Waals surface area contributed by atoms with E-state index in [1.54, 1.807) is 26.1 Å². The van der Waals surface area contributed by atoms with Crippen LogP contribution in [0.1, 0.15) is 33.6 Å². The lowest BCUT2D eigenvalue weighted by molar-refractivity contribution is -0.173. The third-order valence-corrected chi connectivity index (χ3v) is 2.21. The number of carbonyl (C=O) groups is 2. The third kappa shape index (κ3) is 9.94. The van der Waals surface area contributed by atoms with E-state index in [1.807, 2.05) is 0 Å². The molecule has 0 aromatic rings. The van der Waals surface area contributed by atoms with E-state index in [1.165, 1.54) is 0 Å². The van der Waals surface area contributed by atoms with Crippen molar-refractivity contribution in [2.75, 3.05) is 13.2 Å². The Hall–Kier alpha value is -1.51. The first-order chi connectivity index (χ1) is 9.45. The summed E-state index contributed by atoms with van der Waals surface area (Å²) in [6, 6.07) is -0.650. The minimum Gasteiger partial charge on any atom is -0.444 e. The van der Waals surface area contributed by atoms with Gasteiger partial charge in [-0.3, -0.25) is 4.79 Å². The number of aliphatic hydroxyl groups is 1. The first-order valence-electron chi connectivity index (χ1n) is 6.41. The molecular formula is C12H21F3N2O4. The fourth-order valence-electron chi connectivity index (χ4n) is 1.33. The molecule has 0 heterocycles. The molecule has 0 aliphatic heterocycles. The second-order valence-electron chi connectivity index (χ2n) is 5.42. The molecule has 3 N–H and O–H groups in total. The molecule has 0 aliphatic carbocycles. The zero-order chi connectivity index (χ0) is 16.7. The zero-order valence-corrected chi connectivity index (χ0v) is 12.2. The number of hydrogen-bond acceptors (Lipinski definition) is 4. The van der Waals surface area contributed by atoms with Gasteiger partial charge in [-0.15, -0.1) is 0 Å². The minimum absolute atomic E-state index is 0.169. The Balaban J connectivity index is 4.01. The fourth-order valence-corrected chi connectivity index (χ4v) is 1.33. The predicted molar refractivity (Wildman–Crippen MR) is 68.5 cm³/mol. The summed E-state index contributed by atoms with van der Waals surface area (Å²) in [6.07, 6.45) is -5.26. The van der Waals surface area contributed by atoms with Crippen LogP contribution >= 0.6 is 0 Å². The lowest BCUT2D eigenvalue weighted by Crippen LogP contribution is -2.42. The van der Waals surface area contributed by atoms with E-state index in [2.05, 4.69) is 5.32 Å². The van der Waals surface area contributed by atoms with Crippen molar-refractivity contribution >= 4 is 12.0 Å². The minimum atomic E-state index is -4.91. The Morgan fingerprint density at radius 2 is 1.81 bits per heavy atom. The summed E-state index contributed by atoms with van der Waals surface area (Å²) in [5.74, 6) is -2.01. The van der Waals surface area contributed by atoms with Gasteiger partial charge >= 0.3 is 18.2 Å². The smallest absolute Gasteiger partial charge is 0.444 e. The number of rotatable bonds is 6. The van der Waals surface area contributed by atoms with Gasteiger partial charge in [-0.05, 0) is 33.6 Å². The summed E-state index contributed by atoms with van der Waals surface area (Å²) in [5, 5.41) is 13.2. The van der Waals surface area contributed by atoms with E-state index >= 15 is 0 Å². The summed E-state index contributed by atoms with van der Waals surface area (Å²) in [6.45, 7) is 4.44. The molecule has 0 bridgehead atoms. The molecule has 0 saturated heterocycles. The van der Waals surface area contributed by atoms with E-state index < -0.39 is 29.8 Å². The molecule has 0 radical (unpaired) electrons. The van der Waals surface area contributed by atoms with Crippen LogP contribution in [0.5, 0.6) is 0 Å². The van der Waals surface area contributed by atoms with Crippen molar-refractivity contribution in [3.05, 3.63) is 0 Å². The van der Waals surface area contributed by atoms with Crippen molar-refractivity contribution in [1.82, 2.24) is 10.6 Å². The Kier molecular flexibility index (Phi) is 7.48. The van der Waals surface area contributed by atoms with Crippen LogP contribution < -0.4 is 10.6 Å². The lowest BCUT2D eigenvalue weighted by Gasteiger charge is -2.22. The topological polar surface area (TPSA) is 87.7 Å². The largest absolute Gasteiger partial charge is 0.471 e. The molecule has 0 spiro atoms. The number of ether oxygens (including phenoxy) is 1. The van der Waals surface area contributed by atoms with E-state index in [9.17, 15) is 22.8 Å². The van der Waals surface area contributed by atoms with Crippen LogP contribution in [-0.2, 0) is 9.53 Å². The molecule has 0 aromatic carbocycles. The Morgan fingerprint density at radius 1 is 1.24 bits per heavy atom. The predicted octanol–water partition coefficient (Wildman–Crippen LogP) is 1.33. The van der Waals surface area contributed by atoms with Gasteiger partial charge in [0, 0.05) is 6.54 Å². The van der Waals surface area contributed by atoms with E-state index in [4.69, 9.17) is 9.84 Å². The van der Waals surface area contributed by atoms with Crippen molar-refractivity contribution in [3.8, 4) is 0 Å². The molecule has 0 rings (SSSR count). The Labute approximate surface area is 121 Å². The summed E-state index contributed by atoms with van der Waals surface area (Å²) in [5.41, 5.74) is -0.690. The maximum Gasteiger partial charge on any atom is 0.471 e. The molecule has 6 nitrogen and oxygen atoms in total. The normalized spacial score (nSPS) is 13.5. The van der Waals surface area contributed by atoms with Gasteiger partial charge < -0.3 is 20.5 Å². The van der Waals surface area contributed by atoms with Gasteiger partial charge in [0.1, 0.15) is 5.60 Å². The van der Waals surface area contributed by atoms with Crippen molar-refractivity contribution in [2.45, 2.75) is 51.4 Å². The second kappa shape index (κ2) is 8.06. The molecule has 1 atom stereocenters. The quantitative estimate of drug-likeness (QED) is 0.646. The molecule has 124 valence electrons. The highest BCUT2D eigenvalue weighted by Gasteiger charge is 2.38. The number of alkyl halides is 3. The molecule has 0 saturated carbocycles. The highest BCUT2D eigenvalue weighted by atomic mass is 19.4. The van der Waals surface area contributed by atoms with Crippen molar-refractivity contribution in [2.24, 2.45) is 0 Å². The molecular weight excluding hydrogens is 293 g/mol. The van der Waals surface area contributed by atoms with E-state index in [0.717, 1.165) is 0 Å². The average molecular weight is 314 g/mol. The summed E-state index contributed by atoms with van der Waals surface area (Å²) >= 11 is 0. The van der Waals surface area contributed by atoms with Gasteiger partial charge in [-0.2, -0.15) is 13.2 Å². The van der Waals surface area contributed by atoms with Crippen LogP contribution in [-0.4, -0.2) is 48.1 Å². The molecule has 9 heteroatoms. The highest BCUT2D eigenvalue weighted by Crippen LogP contribution is 2.14. The van der Waals surface area contributed by atoms with Gasteiger partial charge in [0.25, 0.3) is 0 Å². The number of aliphatic hydroxyl groups excluding tert-OH is 1. The summed E-state index contributed by atoms with van der Waals surface area (Å²) in [4.78, 5) is 22.0. The number of carbonyl (C=O) groups excluding carboxylic acids is 2. The monoisotopic (exact) mass is 314 g/mol. The van der Waals surface area contributed by atoms with Crippen molar-refractivity contribution in [3.63, 3.8) is 0 Å². The van der Waals surface area contributed by atoms with Crippen LogP contribution in [0.4, 0.5) is 18.0 Å². The maximum atomic E-state index is 11.9. The first kappa shape index (κ1) is 19.5. The van der Waals surface area contributed by atoms with Gasteiger partial charge in [-0.1, -0.05) is 0 Å². The molecule has 0 unspecified atom stereocenters. The molecule has 21 heavy (non-hydrogen) atoms. The summed E-state index contributed by atoms with van der Waals surface area (Å²) in [7, 11) is 0. The number of hydrogen-bond donors (Lipinski definition) is 3. The van der Waals surface area contributed by atoms with Crippen LogP contribution in [0.15, 0.2) is 0 Å². The van der Waals surface area contributed by atoms with E-state index in [0.29, 0.717) is 0 Å². The second-order valence-corrected chi connectivity index (χ2v) is 5.42. The number of alkyl carbamates (subject to hydrolysis) is 1. The standard InChI is InChI=1S/C12H21F3N2O4/c1-11(2,3)21-10(20)17-8(7-18)5-4-6-16-9(19)12(13,14)15/h8,18H,4-7H2,1-3H3,(H,16,19)(H,17,20)/t8-/m0/s1. The molecule has 2 amide bonds. The van der Waals surface area contributed by atoms with Gasteiger partial charge in [0.15, 0.2) is 0 Å². The SMILES string of the molecule is CC(C)(C)OC(=O)N[C@H](CO)CCCNC(=O)C(F)(F)F. The van der Waals surface area contributed by atoms with E-state index in [-0.39, 0.29) is 26.0 Å². The average Bonchev–Trinajstić information content (AvgIpc) is 2.28. The van der Waals surface area contributed by atoms with Crippen LogP contribution in [0.2, 0.25) is 0 Å². The van der Waals surface area contributed by atoms with Crippen molar-refractivity contribution in [1.29, 1.82) is 0 Å². The van der Waals surface area contributed by atoms with Gasteiger partial charge in [0.05, 0.1) is 12.6 Å². The fraction of sp³-hybridized carbons (Fsp3) is 0.833. The molecule has 0 aromatic heterocycles.